The first-order valence-corrected chi connectivity index (χ1v) is 6.16. The van der Waals surface area contributed by atoms with Crippen LogP contribution in [0.2, 0.25) is 0 Å². The molecule has 1 rings (SSSR count). The molecule has 0 aliphatic rings. The highest BCUT2D eigenvalue weighted by Crippen LogP contribution is 2.24. The fraction of sp³-hybridized carbons (Fsp3) is 0.667. The number of rotatable bonds is 4. The minimum atomic E-state index is -0.0581. The van der Waals surface area contributed by atoms with Crippen LogP contribution in [0.15, 0.2) is 18.2 Å². The Morgan fingerprint density at radius 3 is 1.50 bits per heavy atom. The summed E-state index contributed by atoms with van der Waals surface area (Å²) in [5.41, 5.74) is 1.02. The van der Waals surface area contributed by atoms with Crippen LogP contribution in [-0.4, -0.2) is 10.2 Å². The van der Waals surface area contributed by atoms with Crippen LogP contribution in [0.3, 0.4) is 0 Å². The number of aromatic hydroxyl groups is 2. The predicted molar refractivity (Wildman–Crippen MR) is 95.9 cm³/mol. The third-order valence-electron chi connectivity index (χ3n) is 2.41. The van der Waals surface area contributed by atoms with Gasteiger partial charge in [-0.1, -0.05) is 82.2 Å². The molecule has 124 valence electrons. The van der Waals surface area contributed by atoms with E-state index in [1.165, 1.54) is 31.7 Å². The van der Waals surface area contributed by atoms with Crippen molar-refractivity contribution in [3.63, 3.8) is 0 Å². The van der Waals surface area contributed by atoms with Gasteiger partial charge in [-0.3, -0.25) is 0 Å². The number of unbranched alkanes of at least 4 members (excludes halogenated alkanes) is 3. The quantitative estimate of drug-likeness (QED) is 0.473. The van der Waals surface area contributed by atoms with E-state index in [0.717, 1.165) is 12.0 Å². The highest BCUT2D eigenvalue weighted by atomic mass is 16.3. The fourth-order valence-electron chi connectivity index (χ4n) is 1.29. The largest absolute Gasteiger partial charge is 0.504 e. The summed E-state index contributed by atoms with van der Waals surface area (Å²) in [6.45, 7) is 6.46. The van der Waals surface area contributed by atoms with Gasteiger partial charge in [0.25, 0.3) is 0 Å². The van der Waals surface area contributed by atoms with E-state index in [4.69, 9.17) is 10.2 Å². The van der Waals surface area contributed by atoms with Crippen LogP contribution in [0, 0.1) is 0 Å². The van der Waals surface area contributed by atoms with Gasteiger partial charge in [-0.25, -0.2) is 0 Å². The van der Waals surface area contributed by atoms with Crippen LogP contribution in [0.25, 0.3) is 0 Å². The Bertz CT molecular complexity index is 279. The zero-order chi connectivity index (χ0) is 12.4. The first-order valence-electron chi connectivity index (χ1n) is 6.16. The third-order valence-corrected chi connectivity index (χ3v) is 2.41. The summed E-state index contributed by atoms with van der Waals surface area (Å²) < 4.78 is 0. The zero-order valence-electron chi connectivity index (χ0n) is 10.7. The second-order valence-corrected chi connectivity index (χ2v) is 3.88. The molecule has 0 saturated heterocycles. The predicted octanol–water partition coefficient (Wildman–Crippen LogP) is 6.79. The number of phenols is 2. The van der Waals surface area contributed by atoms with Gasteiger partial charge in [0.05, 0.1) is 0 Å². The number of hydrogen-bond donors (Lipinski definition) is 2. The van der Waals surface area contributed by atoms with Crippen molar-refractivity contribution in [2.45, 2.75) is 82.6 Å². The van der Waals surface area contributed by atoms with Gasteiger partial charge in [0.1, 0.15) is 0 Å². The zero-order valence-corrected chi connectivity index (χ0v) is 10.7. The van der Waals surface area contributed by atoms with Crippen molar-refractivity contribution in [2.24, 2.45) is 0 Å². The van der Waals surface area contributed by atoms with Crippen LogP contribution in [0.1, 0.15) is 81.7 Å². The van der Waals surface area contributed by atoms with Gasteiger partial charge in [0.2, 0.25) is 0 Å². The number of phenolic OH excluding ortho intramolecular Hbond substituents is 2. The van der Waals surface area contributed by atoms with Gasteiger partial charge in [0, 0.05) is 0 Å². The average Bonchev–Trinajstić information content (AvgIpc) is 2.31. The van der Waals surface area contributed by atoms with E-state index in [-0.39, 0.29) is 41.2 Å². The molecule has 2 nitrogen and oxygen atoms in total. The van der Waals surface area contributed by atoms with Crippen LogP contribution in [0.5, 0.6) is 11.5 Å². The van der Waals surface area contributed by atoms with E-state index >= 15 is 0 Å². The highest BCUT2D eigenvalue weighted by molar-refractivity contribution is 5.40. The third kappa shape index (κ3) is 14.9. The molecule has 0 amide bonds. The molecule has 0 aliphatic heterocycles. The Morgan fingerprint density at radius 1 is 0.750 bits per heavy atom. The molecule has 0 radical (unpaired) electrons. The highest BCUT2D eigenvalue weighted by Gasteiger charge is 1.97. The normalized spacial score (nSPS) is 7.55. The summed E-state index contributed by atoms with van der Waals surface area (Å²) in [5.74, 6) is -0.100. The van der Waals surface area contributed by atoms with Gasteiger partial charge in [-0.05, 0) is 24.1 Å². The topological polar surface area (TPSA) is 40.5 Å². The van der Waals surface area contributed by atoms with Gasteiger partial charge in [0.15, 0.2) is 11.5 Å². The second-order valence-electron chi connectivity index (χ2n) is 3.88. The molecule has 0 heterocycles. The van der Waals surface area contributed by atoms with E-state index < -0.39 is 0 Å². The molecule has 0 bridgehead atoms. The van der Waals surface area contributed by atoms with Crippen molar-refractivity contribution in [3.8, 4) is 11.5 Å². The lowest BCUT2D eigenvalue weighted by atomic mass is 10.1. The van der Waals surface area contributed by atoms with E-state index in [0.29, 0.717) is 0 Å². The minimum absolute atomic E-state index is 0. The summed E-state index contributed by atoms with van der Waals surface area (Å²) in [7, 11) is 0. The van der Waals surface area contributed by atoms with Gasteiger partial charge >= 0.3 is 0 Å². The van der Waals surface area contributed by atoms with E-state index in [9.17, 15) is 0 Å². The smallest absolute Gasteiger partial charge is 0.157 e. The van der Waals surface area contributed by atoms with Gasteiger partial charge < -0.3 is 10.2 Å². The Morgan fingerprint density at radius 2 is 1.20 bits per heavy atom. The Labute approximate surface area is 128 Å². The second kappa shape index (κ2) is 20.1. The molecule has 2 N–H and O–H groups in total. The minimum Gasteiger partial charge on any atom is -0.504 e. The maximum atomic E-state index is 8.98. The van der Waals surface area contributed by atoms with Crippen LogP contribution in [-0.2, 0) is 6.42 Å². The van der Waals surface area contributed by atoms with Crippen LogP contribution >= 0.6 is 0 Å². The van der Waals surface area contributed by atoms with Crippen molar-refractivity contribution in [2.75, 3.05) is 0 Å². The molecule has 0 atom stereocenters. The SMILES string of the molecule is C.C.C.C.CCCCCC.CCc1ccc(O)c(O)c1. The summed E-state index contributed by atoms with van der Waals surface area (Å²) in [6.07, 6.45) is 6.41. The number of benzene rings is 1. The van der Waals surface area contributed by atoms with Gasteiger partial charge in [-0.15, -0.1) is 0 Å². The standard InChI is InChI=1S/C8H10O2.C6H14.4CH4/c1-2-6-3-4-7(9)8(10)5-6;1-3-5-6-4-2;;;;/h3-5,9-10H,2H2,1H3;3-6H2,1-2H3;4*1H4. The summed E-state index contributed by atoms with van der Waals surface area (Å²) in [5, 5.41) is 17.9. The monoisotopic (exact) mass is 288 g/mol. The van der Waals surface area contributed by atoms with Crippen molar-refractivity contribution >= 4 is 0 Å². The van der Waals surface area contributed by atoms with Crippen LogP contribution < -0.4 is 0 Å². The first-order chi connectivity index (χ1) is 7.65. The molecular weight excluding hydrogens is 248 g/mol. The number of aryl methyl sites for hydroxylation is 1. The molecule has 0 saturated carbocycles. The first kappa shape index (κ1) is 31.3. The molecule has 0 aliphatic carbocycles. The van der Waals surface area contributed by atoms with E-state index in [2.05, 4.69) is 13.8 Å². The van der Waals surface area contributed by atoms with E-state index in [1.54, 1.807) is 12.1 Å². The van der Waals surface area contributed by atoms with E-state index in [1.807, 2.05) is 6.92 Å². The van der Waals surface area contributed by atoms with Crippen molar-refractivity contribution < 1.29 is 10.2 Å². The summed E-state index contributed by atoms with van der Waals surface area (Å²) >= 11 is 0. The molecule has 0 fully saturated rings. The molecule has 1 aromatic carbocycles. The Kier molecular flexibility index (Phi) is 31.5. The van der Waals surface area contributed by atoms with Gasteiger partial charge in [-0.2, -0.15) is 0 Å². The maximum Gasteiger partial charge on any atom is 0.157 e. The molecule has 1 aromatic rings. The van der Waals surface area contributed by atoms with Crippen molar-refractivity contribution in [3.05, 3.63) is 23.8 Å². The Hall–Kier alpha value is -1.18. The van der Waals surface area contributed by atoms with Crippen molar-refractivity contribution in [1.82, 2.24) is 0 Å². The molecule has 0 unspecified atom stereocenters. The lowest BCUT2D eigenvalue weighted by Crippen LogP contribution is -1.77. The fourth-order valence-corrected chi connectivity index (χ4v) is 1.29. The summed E-state index contributed by atoms with van der Waals surface area (Å²) in [4.78, 5) is 0. The average molecular weight is 289 g/mol. The number of hydrogen-bond acceptors (Lipinski definition) is 2. The molecule has 2 heteroatoms. The molecular formula is C18H40O2. The molecule has 20 heavy (non-hydrogen) atoms. The molecule has 0 spiro atoms. The summed E-state index contributed by atoms with van der Waals surface area (Å²) in [6, 6.07) is 4.85. The van der Waals surface area contributed by atoms with Crippen molar-refractivity contribution in [1.29, 1.82) is 0 Å². The molecule has 0 aromatic heterocycles. The lowest BCUT2D eigenvalue weighted by Gasteiger charge is -1.98. The van der Waals surface area contributed by atoms with Crippen LogP contribution in [0.4, 0.5) is 0 Å². The lowest BCUT2D eigenvalue weighted by molar-refractivity contribution is 0.403. The maximum absolute atomic E-state index is 8.98. The Balaban J connectivity index is -0.0000000679.